The normalized spacial score (nSPS) is 17.3. The van der Waals surface area contributed by atoms with Gasteiger partial charge < -0.3 is 9.84 Å². The van der Waals surface area contributed by atoms with Crippen LogP contribution in [0.1, 0.15) is 24.8 Å². The summed E-state index contributed by atoms with van der Waals surface area (Å²) in [7, 11) is 1.28. The van der Waals surface area contributed by atoms with Gasteiger partial charge in [0.1, 0.15) is 17.9 Å². The molecular formula is C17H19N3O4. The maximum absolute atomic E-state index is 12.3. The zero-order valence-electron chi connectivity index (χ0n) is 13.4. The van der Waals surface area contributed by atoms with Gasteiger partial charge in [-0.05, 0) is 35.8 Å². The van der Waals surface area contributed by atoms with Crippen LogP contribution in [-0.2, 0) is 14.3 Å². The highest BCUT2D eigenvalue weighted by Gasteiger charge is 2.29. The van der Waals surface area contributed by atoms with Gasteiger partial charge in [0.15, 0.2) is 0 Å². The van der Waals surface area contributed by atoms with Crippen molar-refractivity contribution in [1.29, 1.82) is 5.41 Å². The number of methoxy groups -OCH3 is 1. The van der Waals surface area contributed by atoms with Crippen molar-refractivity contribution in [2.75, 3.05) is 13.7 Å². The Morgan fingerprint density at radius 3 is 2.88 bits per heavy atom. The van der Waals surface area contributed by atoms with Crippen molar-refractivity contribution in [2.45, 2.75) is 19.3 Å². The fraction of sp³-hybridized carbons (Fsp3) is 0.294. The SMILES string of the molecule is COC(=O)CCC(=O)N1CC/C(=C\c2cccc(O)c2)C1=NC=N. The van der Waals surface area contributed by atoms with E-state index in [2.05, 4.69) is 9.73 Å². The number of aromatic hydroxyl groups is 1. The van der Waals surface area contributed by atoms with Crippen LogP contribution in [0.5, 0.6) is 5.75 Å². The van der Waals surface area contributed by atoms with Crippen molar-refractivity contribution in [3.05, 3.63) is 35.4 Å². The second-order valence-corrected chi connectivity index (χ2v) is 5.22. The van der Waals surface area contributed by atoms with E-state index >= 15 is 0 Å². The number of hydrogen-bond donors (Lipinski definition) is 2. The van der Waals surface area contributed by atoms with E-state index in [0.717, 1.165) is 17.5 Å². The summed E-state index contributed by atoms with van der Waals surface area (Å²) in [6, 6.07) is 6.74. The Balaban J connectivity index is 2.18. The van der Waals surface area contributed by atoms with Gasteiger partial charge >= 0.3 is 5.97 Å². The lowest BCUT2D eigenvalue weighted by atomic mass is 10.1. The maximum atomic E-state index is 12.3. The first-order valence-electron chi connectivity index (χ1n) is 7.49. The van der Waals surface area contributed by atoms with Crippen LogP contribution in [-0.4, -0.2) is 47.7 Å². The Kier molecular flexibility index (Phi) is 5.83. The van der Waals surface area contributed by atoms with Crippen LogP contribution in [0.3, 0.4) is 0 Å². The molecule has 1 aliphatic rings. The Labute approximate surface area is 139 Å². The molecular weight excluding hydrogens is 310 g/mol. The van der Waals surface area contributed by atoms with Crippen LogP contribution >= 0.6 is 0 Å². The average molecular weight is 329 g/mol. The highest BCUT2D eigenvalue weighted by atomic mass is 16.5. The van der Waals surface area contributed by atoms with Gasteiger partial charge in [0, 0.05) is 13.0 Å². The molecule has 0 atom stereocenters. The molecule has 0 radical (unpaired) electrons. The number of carbonyl (C=O) groups excluding carboxylic acids is 2. The summed E-state index contributed by atoms with van der Waals surface area (Å²) in [5.74, 6) is -0.119. The second-order valence-electron chi connectivity index (χ2n) is 5.22. The topological polar surface area (TPSA) is 103 Å². The third kappa shape index (κ3) is 4.28. The summed E-state index contributed by atoms with van der Waals surface area (Å²) in [6.07, 6.45) is 3.35. The number of phenols is 1. The van der Waals surface area contributed by atoms with Crippen molar-refractivity contribution >= 4 is 30.1 Å². The summed E-state index contributed by atoms with van der Waals surface area (Å²) in [4.78, 5) is 28.9. The minimum Gasteiger partial charge on any atom is -0.508 e. The molecule has 0 bridgehead atoms. The largest absolute Gasteiger partial charge is 0.508 e. The van der Waals surface area contributed by atoms with Crippen LogP contribution in [0, 0.1) is 5.41 Å². The van der Waals surface area contributed by atoms with Crippen LogP contribution in [0.2, 0.25) is 0 Å². The highest BCUT2D eigenvalue weighted by Crippen LogP contribution is 2.24. The Morgan fingerprint density at radius 2 is 2.21 bits per heavy atom. The number of likely N-dealkylation sites (tertiary alicyclic amines) is 1. The molecule has 1 aromatic carbocycles. The highest BCUT2D eigenvalue weighted by molar-refractivity contribution is 6.14. The predicted octanol–water partition coefficient (Wildman–Crippen LogP) is 1.97. The monoisotopic (exact) mass is 329 g/mol. The van der Waals surface area contributed by atoms with Gasteiger partial charge in [-0.1, -0.05) is 12.1 Å². The summed E-state index contributed by atoms with van der Waals surface area (Å²) in [6.45, 7) is 0.442. The van der Waals surface area contributed by atoms with Gasteiger partial charge in [0.25, 0.3) is 0 Å². The minimum atomic E-state index is -0.441. The third-order valence-electron chi connectivity index (χ3n) is 3.62. The number of rotatable bonds is 5. The fourth-order valence-electron chi connectivity index (χ4n) is 2.48. The quantitative estimate of drug-likeness (QED) is 0.489. The standard InChI is InChI=1S/C17H19N3O4/c1-24-16(23)6-5-15(22)20-8-7-13(17(20)19-11-18)9-12-3-2-4-14(21)10-12/h2-4,9-11,18,21H,5-8H2,1H3/b13-9+,18-11?,19-17?. The third-order valence-corrected chi connectivity index (χ3v) is 3.62. The Hall–Kier alpha value is -2.96. The van der Waals surface area contributed by atoms with Gasteiger partial charge in [0.2, 0.25) is 5.91 Å². The van der Waals surface area contributed by atoms with E-state index in [1.807, 2.05) is 12.1 Å². The van der Waals surface area contributed by atoms with E-state index in [9.17, 15) is 14.7 Å². The number of nitrogens with zero attached hydrogens (tertiary/aromatic N) is 2. The molecule has 126 valence electrons. The first-order valence-corrected chi connectivity index (χ1v) is 7.49. The molecule has 0 unspecified atom stereocenters. The van der Waals surface area contributed by atoms with E-state index in [4.69, 9.17) is 5.41 Å². The zero-order valence-corrected chi connectivity index (χ0v) is 13.4. The number of amidine groups is 1. The molecule has 0 aromatic heterocycles. The van der Waals surface area contributed by atoms with Crippen molar-refractivity contribution in [1.82, 2.24) is 4.90 Å². The van der Waals surface area contributed by atoms with Crippen LogP contribution in [0.25, 0.3) is 6.08 Å². The van der Waals surface area contributed by atoms with Crippen molar-refractivity contribution < 1.29 is 19.4 Å². The molecule has 0 spiro atoms. The van der Waals surface area contributed by atoms with E-state index < -0.39 is 5.97 Å². The fourth-order valence-corrected chi connectivity index (χ4v) is 2.48. The molecule has 7 heteroatoms. The van der Waals surface area contributed by atoms with Crippen molar-refractivity contribution in [3.63, 3.8) is 0 Å². The van der Waals surface area contributed by atoms with Crippen LogP contribution in [0.15, 0.2) is 34.8 Å². The number of phenolic OH excluding ortho intramolecular Hbond substituents is 1. The number of nitrogens with one attached hydrogen (secondary N) is 1. The molecule has 0 saturated carbocycles. The van der Waals surface area contributed by atoms with E-state index in [1.54, 1.807) is 18.2 Å². The van der Waals surface area contributed by atoms with E-state index in [0.29, 0.717) is 18.8 Å². The maximum Gasteiger partial charge on any atom is 0.306 e. The number of hydrogen-bond acceptors (Lipinski definition) is 5. The number of carbonyl (C=O) groups is 2. The summed E-state index contributed by atoms with van der Waals surface area (Å²) < 4.78 is 4.54. The lowest BCUT2D eigenvalue weighted by Crippen LogP contribution is -2.32. The lowest BCUT2D eigenvalue weighted by molar-refractivity contribution is -0.142. The molecule has 24 heavy (non-hydrogen) atoms. The first kappa shape index (κ1) is 17.4. The molecule has 1 amide bonds. The van der Waals surface area contributed by atoms with Gasteiger partial charge in [-0.15, -0.1) is 0 Å². The molecule has 1 aliphatic heterocycles. The number of esters is 1. The number of benzene rings is 1. The number of amides is 1. The molecule has 2 N–H and O–H groups in total. The van der Waals surface area contributed by atoms with E-state index in [1.165, 1.54) is 12.0 Å². The zero-order chi connectivity index (χ0) is 17.5. The van der Waals surface area contributed by atoms with Gasteiger partial charge in [-0.25, -0.2) is 4.99 Å². The molecule has 1 fully saturated rings. The lowest BCUT2D eigenvalue weighted by Gasteiger charge is -2.16. The van der Waals surface area contributed by atoms with Gasteiger partial charge in [-0.3, -0.25) is 19.9 Å². The first-order chi connectivity index (χ1) is 11.5. The molecule has 7 nitrogen and oxygen atoms in total. The predicted molar refractivity (Wildman–Crippen MR) is 89.9 cm³/mol. The average Bonchev–Trinajstić information content (AvgIpc) is 2.95. The van der Waals surface area contributed by atoms with E-state index in [-0.39, 0.29) is 24.5 Å². The van der Waals surface area contributed by atoms with Crippen molar-refractivity contribution in [3.8, 4) is 5.75 Å². The van der Waals surface area contributed by atoms with Gasteiger partial charge in [-0.2, -0.15) is 0 Å². The Morgan fingerprint density at radius 1 is 1.42 bits per heavy atom. The smallest absolute Gasteiger partial charge is 0.306 e. The van der Waals surface area contributed by atoms with Crippen LogP contribution < -0.4 is 0 Å². The minimum absolute atomic E-state index is 0.00923. The van der Waals surface area contributed by atoms with Crippen LogP contribution in [0.4, 0.5) is 0 Å². The molecule has 0 aliphatic carbocycles. The molecule has 1 aromatic rings. The molecule has 1 saturated heterocycles. The second kappa shape index (κ2) is 8.05. The number of ether oxygens (including phenoxy) is 1. The summed E-state index contributed by atoms with van der Waals surface area (Å²) in [5.41, 5.74) is 1.59. The van der Waals surface area contributed by atoms with Crippen molar-refractivity contribution in [2.24, 2.45) is 4.99 Å². The number of aliphatic imine (C=N–C) groups is 1. The Bertz CT molecular complexity index is 710. The molecule has 1 heterocycles. The molecule has 2 rings (SSSR count). The summed E-state index contributed by atoms with van der Waals surface area (Å²) in [5, 5.41) is 16.7. The van der Waals surface area contributed by atoms with Gasteiger partial charge in [0.05, 0.1) is 13.5 Å². The summed E-state index contributed by atoms with van der Waals surface area (Å²) >= 11 is 0.